The maximum absolute atomic E-state index is 13.3. The van der Waals surface area contributed by atoms with E-state index in [1.807, 2.05) is 0 Å². The number of hydrogen-bond donors (Lipinski definition) is 1. The molecule has 0 aliphatic carbocycles. The summed E-state index contributed by atoms with van der Waals surface area (Å²) < 4.78 is 18.8. The number of anilines is 1. The molecule has 0 bridgehead atoms. The topological polar surface area (TPSA) is 71.5 Å². The van der Waals surface area contributed by atoms with Gasteiger partial charge in [0, 0.05) is 6.07 Å². The first-order valence-corrected chi connectivity index (χ1v) is 7.35. The van der Waals surface area contributed by atoms with Crippen molar-refractivity contribution in [2.24, 2.45) is 0 Å². The van der Waals surface area contributed by atoms with Gasteiger partial charge in [0.25, 0.3) is 5.91 Å². The van der Waals surface area contributed by atoms with Gasteiger partial charge in [-0.1, -0.05) is 0 Å². The Morgan fingerprint density at radius 3 is 2.50 bits per heavy atom. The minimum atomic E-state index is -0.947. The highest BCUT2D eigenvalue weighted by atomic mass is 19.1. The van der Waals surface area contributed by atoms with Crippen molar-refractivity contribution >= 4 is 17.6 Å². The van der Waals surface area contributed by atoms with Crippen molar-refractivity contribution < 1.29 is 18.7 Å². The van der Waals surface area contributed by atoms with E-state index in [1.165, 1.54) is 18.3 Å². The van der Waals surface area contributed by atoms with E-state index in [1.54, 1.807) is 39.0 Å². The lowest BCUT2D eigenvalue weighted by atomic mass is 10.1. The number of nitrogens with zero attached hydrogens (tertiary/aromatic N) is 2. The largest absolute Gasteiger partial charge is 0.439 e. The molecule has 1 N–H and O–H groups in total. The molecule has 1 fully saturated rings. The normalized spacial score (nSPS) is 16.2. The predicted octanol–water partition coefficient (Wildman–Crippen LogP) is 3.16. The van der Waals surface area contributed by atoms with Crippen molar-refractivity contribution in [3.8, 4) is 11.6 Å². The fourth-order valence-electron chi connectivity index (χ4n) is 2.35. The Kier molecular flexibility index (Phi) is 3.71. The van der Waals surface area contributed by atoms with E-state index in [2.05, 4.69) is 10.3 Å². The number of carbonyl (C=O) groups excluding carboxylic acids is 2. The Hall–Kier alpha value is -2.96. The zero-order chi connectivity index (χ0) is 17.5. The van der Waals surface area contributed by atoms with Crippen LogP contribution in [0.15, 0.2) is 36.5 Å². The fourth-order valence-corrected chi connectivity index (χ4v) is 2.35. The molecule has 1 aromatic heterocycles. The van der Waals surface area contributed by atoms with Crippen molar-refractivity contribution in [1.29, 1.82) is 0 Å². The number of nitrogens with one attached hydrogen (secondary N) is 1. The van der Waals surface area contributed by atoms with Gasteiger partial charge in [-0.2, -0.15) is 0 Å². The van der Waals surface area contributed by atoms with Crippen LogP contribution in [0.5, 0.6) is 11.6 Å². The summed E-state index contributed by atoms with van der Waals surface area (Å²) in [5.41, 5.74) is -0.130. The Labute approximate surface area is 138 Å². The van der Waals surface area contributed by atoms with Crippen LogP contribution in [0, 0.1) is 12.7 Å². The van der Waals surface area contributed by atoms with Crippen LogP contribution < -0.4 is 15.0 Å². The summed E-state index contributed by atoms with van der Waals surface area (Å²) in [6.45, 7) is 4.90. The van der Waals surface area contributed by atoms with Crippen LogP contribution in [-0.4, -0.2) is 22.5 Å². The number of hydrogen-bond acceptors (Lipinski definition) is 4. The summed E-state index contributed by atoms with van der Waals surface area (Å²) in [5, 5.41) is 2.60. The Morgan fingerprint density at radius 1 is 1.21 bits per heavy atom. The SMILES string of the molecule is Cc1cc(Oc2ccc(N3C(=O)NC(C)(C)C3=O)cn2)ccc1F. The minimum Gasteiger partial charge on any atom is -0.439 e. The summed E-state index contributed by atoms with van der Waals surface area (Å²) in [6.07, 6.45) is 1.38. The third-order valence-corrected chi connectivity index (χ3v) is 3.69. The van der Waals surface area contributed by atoms with Crippen molar-refractivity contribution in [3.05, 3.63) is 47.9 Å². The molecular weight excluding hydrogens is 313 g/mol. The highest BCUT2D eigenvalue weighted by Gasteiger charge is 2.45. The Morgan fingerprint density at radius 2 is 1.96 bits per heavy atom. The van der Waals surface area contributed by atoms with Crippen molar-refractivity contribution in [1.82, 2.24) is 10.3 Å². The van der Waals surface area contributed by atoms with Gasteiger partial charge in [0.2, 0.25) is 5.88 Å². The van der Waals surface area contributed by atoms with Crippen LogP contribution in [0.25, 0.3) is 0 Å². The van der Waals surface area contributed by atoms with Gasteiger partial charge < -0.3 is 10.1 Å². The number of urea groups is 1. The van der Waals surface area contributed by atoms with Crippen LogP contribution in [-0.2, 0) is 4.79 Å². The molecule has 6 nitrogen and oxygen atoms in total. The third kappa shape index (κ3) is 2.80. The van der Waals surface area contributed by atoms with E-state index in [4.69, 9.17) is 4.74 Å². The number of imide groups is 1. The van der Waals surface area contributed by atoms with Gasteiger partial charge in [-0.3, -0.25) is 4.79 Å². The minimum absolute atomic E-state index is 0.274. The lowest BCUT2D eigenvalue weighted by Crippen LogP contribution is -2.40. The van der Waals surface area contributed by atoms with E-state index >= 15 is 0 Å². The number of ether oxygens (including phenoxy) is 1. The molecule has 0 spiro atoms. The Balaban J connectivity index is 1.80. The van der Waals surface area contributed by atoms with Crippen molar-refractivity contribution in [2.75, 3.05) is 4.90 Å². The molecule has 0 radical (unpaired) electrons. The van der Waals surface area contributed by atoms with Crippen LogP contribution in [0.4, 0.5) is 14.9 Å². The molecule has 3 rings (SSSR count). The zero-order valence-electron chi connectivity index (χ0n) is 13.5. The van der Waals surface area contributed by atoms with Gasteiger partial charge in [0.05, 0.1) is 11.9 Å². The lowest BCUT2D eigenvalue weighted by Gasteiger charge is -2.16. The van der Waals surface area contributed by atoms with Gasteiger partial charge in [-0.15, -0.1) is 0 Å². The van der Waals surface area contributed by atoms with Crippen molar-refractivity contribution in [3.63, 3.8) is 0 Å². The molecule has 0 unspecified atom stereocenters. The first-order chi connectivity index (χ1) is 11.3. The lowest BCUT2D eigenvalue weighted by molar-refractivity contribution is -0.121. The number of pyridine rings is 1. The summed E-state index contributed by atoms with van der Waals surface area (Å²) in [7, 11) is 0. The molecule has 7 heteroatoms. The van der Waals surface area contributed by atoms with Gasteiger partial charge in [-0.05, 0) is 50.6 Å². The number of carbonyl (C=O) groups is 2. The predicted molar refractivity (Wildman–Crippen MR) is 85.5 cm³/mol. The van der Waals surface area contributed by atoms with E-state index < -0.39 is 11.6 Å². The second-order valence-electron chi connectivity index (χ2n) is 6.06. The molecule has 1 aliphatic rings. The molecule has 1 aliphatic heterocycles. The highest BCUT2D eigenvalue weighted by Crippen LogP contribution is 2.27. The first-order valence-electron chi connectivity index (χ1n) is 7.35. The molecule has 2 heterocycles. The fraction of sp³-hybridized carbons (Fsp3) is 0.235. The highest BCUT2D eigenvalue weighted by molar-refractivity contribution is 6.22. The molecule has 1 aromatic carbocycles. The summed E-state index contributed by atoms with van der Waals surface area (Å²) >= 11 is 0. The molecule has 1 saturated heterocycles. The average molecular weight is 329 g/mol. The maximum atomic E-state index is 13.3. The Bertz CT molecular complexity index is 818. The summed E-state index contributed by atoms with van der Waals surface area (Å²) in [4.78, 5) is 29.3. The molecule has 2 aromatic rings. The third-order valence-electron chi connectivity index (χ3n) is 3.69. The number of benzene rings is 1. The number of amides is 3. The number of halogens is 1. The van der Waals surface area contributed by atoms with Crippen LogP contribution in [0.1, 0.15) is 19.4 Å². The smallest absolute Gasteiger partial charge is 0.329 e. The van der Waals surface area contributed by atoms with Gasteiger partial charge >= 0.3 is 6.03 Å². The number of rotatable bonds is 3. The monoisotopic (exact) mass is 329 g/mol. The molecular formula is C17H16FN3O3. The van der Waals surface area contributed by atoms with Crippen molar-refractivity contribution in [2.45, 2.75) is 26.3 Å². The quantitative estimate of drug-likeness (QED) is 0.878. The first kappa shape index (κ1) is 15.9. The van der Waals surface area contributed by atoms with Crippen LogP contribution in [0.3, 0.4) is 0 Å². The molecule has 0 saturated carbocycles. The standard InChI is InChI=1S/C17H16FN3O3/c1-10-8-12(5-6-13(10)18)24-14-7-4-11(9-19-14)21-15(22)17(2,3)20-16(21)23/h4-9H,1-3H3,(H,20,23). The summed E-state index contributed by atoms with van der Waals surface area (Å²) in [6, 6.07) is 6.99. The van der Waals surface area contributed by atoms with E-state index in [9.17, 15) is 14.0 Å². The van der Waals surface area contributed by atoms with E-state index in [0.717, 1.165) is 4.90 Å². The number of aryl methyl sites for hydroxylation is 1. The van der Waals surface area contributed by atoms with Gasteiger partial charge in [-0.25, -0.2) is 19.1 Å². The van der Waals surface area contributed by atoms with Crippen LogP contribution in [0.2, 0.25) is 0 Å². The molecule has 124 valence electrons. The molecule has 24 heavy (non-hydrogen) atoms. The second-order valence-corrected chi connectivity index (χ2v) is 6.06. The molecule has 3 amide bonds. The number of aromatic nitrogens is 1. The maximum Gasteiger partial charge on any atom is 0.329 e. The second kappa shape index (κ2) is 5.59. The van der Waals surface area contributed by atoms with E-state index in [0.29, 0.717) is 17.0 Å². The van der Waals surface area contributed by atoms with Crippen LogP contribution >= 0.6 is 0 Å². The van der Waals surface area contributed by atoms with Gasteiger partial charge in [0.15, 0.2) is 0 Å². The average Bonchev–Trinajstić information content (AvgIpc) is 2.72. The zero-order valence-corrected chi connectivity index (χ0v) is 13.5. The molecule has 0 atom stereocenters. The van der Waals surface area contributed by atoms with Gasteiger partial charge in [0.1, 0.15) is 17.1 Å². The van der Waals surface area contributed by atoms with E-state index in [-0.39, 0.29) is 17.6 Å². The summed E-state index contributed by atoms with van der Waals surface area (Å²) in [5.74, 6) is 0.0605.